The lowest BCUT2D eigenvalue weighted by atomic mass is 10.2. The first-order chi connectivity index (χ1) is 9.83. The number of rotatable bonds is 3. The van der Waals surface area contributed by atoms with Crippen molar-refractivity contribution in [2.75, 3.05) is 12.1 Å². The van der Waals surface area contributed by atoms with Crippen LogP contribution in [0.2, 0.25) is 0 Å². The van der Waals surface area contributed by atoms with Crippen LogP contribution in [0.1, 0.15) is 5.69 Å². The first kappa shape index (κ1) is 12.3. The molecule has 0 aliphatic carbocycles. The molecular weight excluding hydrogens is 248 g/mol. The van der Waals surface area contributed by atoms with Gasteiger partial charge >= 0.3 is 0 Å². The third kappa shape index (κ3) is 2.64. The SMILES string of the molecule is CN(/N=C/c1ccccn1)c1ccc2ccccc2n1. The molecule has 0 spiro atoms. The van der Waals surface area contributed by atoms with Crippen LogP contribution >= 0.6 is 0 Å². The largest absolute Gasteiger partial charge is 0.255 e. The van der Waals surface area contributed by atoms with Gasteiger partial charge in [-0.2, -0.15) is 5.10 Å². The molecule has 0 atom stereocenters. The van der Waals surface area contributed by atoms with Crippen LogP contribution in [0.4, 0.5) is 5.82 Å². The Bertz CT molecular complexity index is 738. The molecule has 2 aromatic heterocycles. The number of pyridine rings is 2. The molecule has 0 N–H and O–H groups in total. The predicted molar refractivity (Wildman–Crippen MR) is 82.0 cm³/mol. The van der Waals surface area contributed by atoms with E-state index in [1.54, 1.807) is 17.4 Å². The Kier molecular flexibility index (Phi) is 3.37. The van der Waals surface area contributed by atoms with Crippen molar-refractivity contribution < 1.29 is 0 Å². The van der Waals surface area contributed by atoms with E-state index in [2.05, 4.69) is 15.1 Å². The summed E-state index contributed by atoms with van der Waals surface area (Å²) in [5.74, 6) is 0.802. The van der Waals surface area contributed by atoms with E-state index in [1.165, 1.54) is 0 Å². The minimum Gasteiger partial charge on any atom is -0.255 e. The molecule has 0 aliphatic heterocycles. The average Bonchev–Trinajstić information content (AvgIpc) is 2.53. The molecule has 0 radical (unpaired) electrons. The molecule has 0 aliphatic rings. The van der Waals surface area contributed by atoms with Crippen molar-refractivity contribution in [1.29, 1.82) is 0 Å². The molecule has 0 saturated carbocycles. The van der Waals surface area contributed by atoms with Crippen LogP contribution in [0.15, 0.2) is 65.9 Å². The highest BCUT2D eigenvalue weighted by Crippen LogP contribution is 2.16. The normalized spacial score (nSPS) is 11.1. The quantitative estimate of drug-likeness (QED) is 0.538. The molecule has 1 aromatic carbocycles. The Morgan fingerprint density at radius 1 is 1.00 bits per heavy atom. The molecule has 4 heteroatoms. The number of benzene rings is 1. The summed E-state index contributed by atoms with van der Waals surface area (Å²) in [5.41, 5.74) is 1.78. The molecule has 2 heterocycles. The lowest BCUT2D eigenvalue weighted by molar-refractivity contribution is 0.989. The third-order valence-corrected chi connectivity index (χ3v) is 2.97. The highest BCUT2D eigenvalue weighted by molar-refractivity contribution is 5.81. The number of hydrogen-bond donors (Lipinski definition) is 0. The lowest BCUT2D eigenvalue weighted by Gasteiger charge is -2.12. The van der Waals surface area contributed by atoms with Crippen molar-refractivity contribution in [3.8, 4) is 0 Å². The molecule has 0 saturated heterocycles. The summed E-state index contributed by atoms with van der Waals surface area (Å²) in [4.78, 5) is 8.78. The zero-order chi connectivity index (χ0) is 13.8. The second-order valence-electron chi connectivity index (χ2n) is 4.38. The van der Waals surface area contributed by atoms with Crippen LogP contribution in [-0.4, -0.2) is 23.2 Å². The van der Waals surface area contributed by atoms with Gasteiger partial charge in [-0.15, -0.1) is 0 Å². The van der Waals surface area contributed by atoms with Crippen molar-refractivity contribution >= 4 is 22.9 Å². The summed E-state index contributed by atoms with van der Waals surface area (Å²) < 4.78 is 0. The minimum atomic E-state index is 0.802. The van der Waals surface area contributed by atoms with Crippen LogP contribution in [0, 0.1) is 0 Å². The number of hydrazone groups is 1. The molecule has 0 fully saturated rings. The fourth-order valence-corrected chi connectivity index (χ4v) is 1.89. The number of para-hydroxylation sites is 1. The Balaban J connectivity index is 1.85. The summed E-state index contributed by atoms with van der Waals surface area (Å²) in [6, 6.07) is 17.8. The first-order valence-corrected chi connectivity index (χ1v) is 6.37. The van der Waals surface area contributed by atoms with Crippen LogP contribution in [0.5, 0.6) is 0 Å². The van der Waals surface area contributed by atoms with Crippen LogP contribution < -0.4 is 5.01 Å². The Morgan fingerprint density at radius 3 is 2.70 bits per heavy atom. The number of anilines is 1. The van der Waals surface area contributed by atoms with Gasteiger partial charge in [-0.3, -0.25) is 9.99 Å². The van der Waals surface area contributed by atoms with E-state index in [0.717, 1.165) is 22.4 Å². The Morgan fingerprint density at radius 2 is 1.85 bits per heavy atom. The summed E-state index contributed by atoms with van der Waals surface area (Å²) in [6.45, 7) is 0. The van der Waals surface area contributed by atoms with Gasteiger partial charge in [-0.25, -0.2) is 4.98 Å². The first-order valence-electron chi connectivity index (χ1n) is 6.37. The summed E-state index contributed by atoms with van der Waals surface area (Å²) in [7, 11) is 1.87. The van der Waals surface area contributed by atoms with E-state index in [1.807, 2.05) is 61.6 Å². The molecule has 4 nitrogen and oxygen atoms in total. The smallest absolute Gasteiger partial charge is 0.149 e. The van der Waals surface area contributed by atoms with Gasteiger partial charge in [0.1, 0.15) is 5.82 Å². The maximum atomic E-state index is 4.58. The van der Waals surface area contributed by atoms with Crippen LogP contribution in [0.25, 0.3) is 10.9 Å². The molecule has 0 unspecified atom stereocenters. The fourth-order valence-electron chi connectivity index (χ4n) is 1.89. The zero-order valence-corrected chi connectivity index (χ0v) is 11.1. The molecule has 98 valence electrons. The van der Waals surface area contributed by atoms with Gasteiger partial charge in [0.25, 0.3) is 0 Å². The van der Waals surface area contributed by atoms with E-state index >= 15 is 0 Å². The molecular formula is C16H14N4. The van der Waals surface area contributed by atoms with Gasteiger partial charge in [0.2, 0.25) is 0 Å². The zero-order valence-electron chi connectivity index (χ0n) is 11.1. The third-order valence-electron chi connectivity index (χ3n) is 2.97. The van der Waals surface area contributed by atoms with Crippen LogP contribution in [0.3, 0.4) is 0 Å². The fraction of sp³-hybridized carbons (Fsp3) is 0.0625. The second-order valence-corrected chi connectivity index (χ2v) is 4.38. The van der Waals surface area contributed by atoms with E-state index in [0.29, 0.717) is 0 Å². The minimum absolute atomic E-state index is 0.802. The van der Waals surface area contributed by atoms with Gasteiger partial charge in [-0.1, -0.05) is 24.3 Å². The second kappa shape index (κ2) is 5.48. The van der Waals surface area contributed by atoms with Gasteiger partial charge in [-0.05, 0) is 30.3 Å². The van der Waals surface area contributed by atoms with E-state index in [4.69, 9.17) is 0 Å². The highest BCUT2D eigenvalue weighted by atomic mass is 15.5. The van der Waals surface area contributed by atoms with Gasteiger partial charge < -0.3 is 0 Å². The monoisotopic (exact) mass is 262 g/mol. The molecule has 0 bridgehead atoms. The Hall–Kier alpha value is -2.75. The number of hydrogen-bond acceptors (Lipinski definition) is 4. The number of aromatic nitrogens is 2. The van der Waals surface area contributed by atoms with E-state index in [9.17, 15) is 0 Å². The van der Waals surface area contributed by atoms with Crippen molar-refractivity contribution in [2.45, 2.75) is 0 Å². The van der Waals surface area contributed by atoms with E-state index < -0.39 is 0 Å². The van der Waals surface area contributed by atoms with Crippen molar-refractivity contribution in [3.05, 3.63) is 66.5 Å². The molecule has 3 aromatic rings. The Labute approximate surface area is 117 Å². The number of fused-ring (bicyclic) bond motifs is 1. The molecule has 0 amide bonds. The highest BCUT2D eigenvalue weighted by Gasteiger charge is 2.01. The molecule has 20 heavy (non-hydrogen) atoms. The van der Waals surface area contributed by atoms with Crippen molar-refractivity contribution in [2.24, 2.45) is 5.10 Å². The average molecular weight is 262 g/mol. The molecule has 3 rings (SSSR count). The van der Waals surface area contributed by atoms with Gasteiger partial charge in [0.05, 0.1) is 17.4 Å². The van der Waals surface area contributed by atoms with Crippen molar-refractivity contribution in [3.63, 3.8) is 0 Å². The maximum absolute atomic E-state index is 4.58. The summed E-state index contributed by atoms with van der Waals surface area (Å²) >= 11 is 0. The summed E-state index contributed by atoms with van der Waals surface area (Å²) in [5, 5.41) is 7.22. The standard InChI is InChI=1S/C16H14N4/c1-20(18-12-14-7-4-5-11-17-14)16-10-9-13-6-2-3-8-15(13)19-16/h2-12H,1H3/b18-12+. The predicted octanol–water partition coefficient (Wildman–Crippen LogP) is 3.10. The van der Waals surface area contributed by atoms with Crippen LogP contribution in [-0.2, 0) is 0 Å². The lowest BCUT2D eigenvalue weighted by Crippen LogP contribution is -2.10. The van der Waals surface area contributed by atoms with E-state index in [-0.39, 0.29) is 0 Å². The van der Waals surface area contributed by atoms with Crippen molar-refractivity contribution in [1.82, 2.24) is 9.97 Å². The maximum Gasteiger partial charge on any atom is 0.149 e. The topological polar surface area (TPSA) is 41.4 Å². The van der Waals surface area contributed by atoms with Gasteiger partial charge in [0, 0.05) is 18.6 Å². The van der Waals surface area contributed by atoms with Gasteiger partial charge in [0.15, 0.2) is 0 Å². The summed E-state index contributed by atoms with van der Waals surface area (Å²) in [6.07, 6.45) is 3.46. The number of nitrogens with zero attached hydrogens (tertiary/aromatic N) is 4.